The van der Waals surface area contributed by atoms with Crippen molar-refractivity contribution in [2.24, 2.45) is 47.3 Å². The summed E-state index contributed by atoms with van der Waals surface area (Å²) < 4.78 is 23.0. The van der Waals surface area contributed by atoms with Crippen LogP contribution in [0.4, 0.5) is 0 Å². The third kappa shape index (κ3) is 14.5. The molecule has 0 aromatic rings. The Balaban J connectivity index is 3.93. The Morgan fingerprint density at radius 3 is 1.14 bits per heavy atom. The molecule has 0 bridgehead atoms. The van der Waals surface area contributed by atoms with Crippen LogP contribution in [0.2, 0.25) is 0 Å². The molecule has 1 heterocycles. The van der Waals surface area contributed by atoms with Gasteiger partial charge in [0.1, 0.15) is 24.0 Å². The Hall–Kier alpha value is -4.24. The number of esters is 4. The smallest absolute Gasteiger partial charge is 0.329 e. The maximum atomic E-state index is 13.9. The average molecular weight is 825 g/mol. The Kier molecular flexibility index (Phi) is 21.4. The molecule has 3 unspecified atom stereocenters. The van der Waals surface area contributed by atoms with Crippen molar-refractivity contribution in [2.75, 3.05) is 0 Å². The van der Waals surface area contributed by atoms with Gasteiger partial charge in [-0.25, -0.2) is 14.4 Å². The van der Waals surface area contributed by atoms with Crippen molar-refractivity contribution in [3.05, 3.63) is 0 Å². The largest absolute Gasteiger partial charge is 0.450 e. The van der Waals surface area contributed by atoms with Crippen molar-refractivity contribution in [3.63, 3.8) is 0 Å². The van der Waals surface area contributed by atoms with Crippen molar-refractivity contribution in [2.45, 2.75) is 172 Å². The van der Waals surface area contributed by atoms with E-state index in [2.05, 4.69) is 21.3 Å². The third-order valence-electron chi connectivity index (χ3n) is 10.8. The SMILES string of the molecule is CCC(C)[C@@H]1NC(=O)[C@@H](C(C)C)OC(=O)[C@H](CC)NC(=O)[C@@H](C(C)C)OC(=O)[C@H](C(C)CC)NC(=O)[C@H](C(C)C)OC(=O)[C@H](C(C)CC)NC(=O)[C@@H](C(C)C)C(=O)O1. The molecule has 1 rings (SSSR count). The number of carbonyl (C=O) groups is 8. The second-order valence-electron chi connectivity index (χ2n) is 17.0. The molecule has 58 heavy (non-hydrogen) atoms. The molecule has 4 N–H and O–H groups in total. The van der Waals surface area contributed by atoms with Crippen molar-refractivity contribution in [3.8, 4) is 0 Å². The van der Waals surface area contributed by atoms with Crippen molar-refractivity contribution in [1.29, 1.82) is 0 Å². The van der Waals surface area contributed by atoms with E-state index in [1.807, 2.05) is 6.92 Å². The fourth-order valence-electron chi connectivity index (χ4n) is 6.08. The van der Waals surface area contributed by atoms with Crippen molar-refractivity contribution < 1.29 is 57.3 Å². The summed E-state index contributed by atoms with van der Waals surface area (Å²) in [6.07, 6.45) is -4.11. The first-order valence-electron chi connectivity index (χ1n) is 21.0. The number of cyclic esters (lactones) is 4. The first-order valence-corrected chi connectivity index (χ1v) is 21.0. The predicted octanol–water partition coefficient (Wildman–Crippen LogP) is 3.96. The molecule has 1 aliphatic rings. The highest BCUT2D eigenvalue weighted by atomic mass is 16.6. The van der Waals surface area contributed by atoms with Crippen LogP contribution in [0.1, 0.15) is 130 Å². The molecule has 0 radical (unpaired) electrons. The molecule has 0 aromatic carbocycles. The van der Waals surface area contributed by atoms with Gasteiger partial charge in [-0.1, -0.05) is 117 Å². The van der Waals surface area contributed by atoms with Crippen LogP contribution < -0.4 is 21.3 Å². The minimum absolute atomic E-state index is 0.0558. The number of hydrogen-bond acceptors (Lipinski definition) is 12. The van der Waals surface area contributed by atoms with E-state index in [1.54, 1.807) is 96.9 Å². The second-order valence-corrected chi connectivity index (χ2v) is 17.0. The molecule has 16 heteroatoms. The Bertz CT molecular complexity index is 1430. The zero-order valence-electron chi connectivity index (χ0n) is 37.4. The van der Waals surface area contributed by atoms with E-state index in [1.165, 1.54) is 0 Å². The van der Waals surface area contributed by atoms with Crippen LogP contribution in [0.15, 0.2) is 0 Å². The molecule has 0 saturated carbocycles. The standard InChI is InChI=1S/C42H72N4O12/c1-16-24(13)29-41(53)57-32(22(9)10)36(49)45-30(25(14)17-2)42(54)56-31(21(7)8)35(48)43-27(19-4)39(51)55-33(23(11)12)37(50)46-38(26(15)18-3)58-40(52)28(20(5)6)34(47)44-29/h20-33,38H,16-19H2,1-15H3,(H,43,48)(H,44,47)(H,45,49)(H,46,50)/t24?,25?,26?,27-,28+,29-,30-,31+,32-,33+,38+/m0/s1. The molecule has 16 nitrogen and oxygen atoms in total. The summed E-state index contributed by atoms with van der Waals surface area (Å²) in [5.41, 5.74) is 0. The molecular weight excluding hydrogens is 752 g/mol. The summed E-state index contributed by atoms with van der Waals surface area (Å²) in [7, 11) is 0. The lowest BCUT2D eigenvalue weighted by Crippen LogP contribution is -2.56. The van der Waals surface area contributed by atoms with Crippen LogP contribution >= 0.6 is 0 Å². The van der Waals surface area contributed by atoms with Gasteiger partial charge in [-0.2, -0.15) is 0 Å². The topological polar surface area (TPSA) is 222 Å². The summed E-state index contributed by atoms with van der Waals surface area (Å²) in [5.74, 6) is -12.1. The summed E-state index contributed by atoms with van der Waals surface area (Å²) in [5, 5.41) is 10.6. The number of amides is 4. The monoisotopic (exact) mass is 825 g/mol. The van der Waals surface area contributed by atoms with Crippen LogP contribution in [0.3, 0.4) is 0 Å². The van der Waals surface area contributed by atoms with E-state index < -0.39 is 138 Å². The maximum absolute atomic E-state index is 13.9. The van der Waals surface area contributed by atoms with Gasteiger partial charge in [0.15, 0.2) is 24.5 Å². The minimum atomic E-state index is -1.43. The number of rotatable bonds is 11. The normalized spacial score (nSPS) is 28.6. The van der Waals surface area contributed by atoms with Crippen molar-refractivity contribution >= 4 is 47.5 Å². The highest BCUT2D eigenvalue weighted by Gasteiger charge is 2.42. The van der Waals surface area contributed by atoms with Crippen LogP contribution in [-0.4, -0.2) is 90.2 Å². The fraction of sp³-hybridized carbons (Fsp3) is 0.810. The summed E-state index contributed by atoms with van der Waals surface area (Å²) >= 11 is 0. The van der Waals surface area contributed by atoms with E-state index in [0.29, 0.717) is 19.3 Å². The number of hydrogen-bond donors (Lipinski definition) is 4. The molecule has 1 aliphatic heterocycles. The molecule has 0 aliphatic carbocycles. The molecule has 0 aromatic heterocycles. The van der Waals surface area contributed by atoms with Gasteiger partial charge in [0, 0.05) is 5.92 Å². The van der Waals surface area contributed by atoms with Crippen LogP contribution in [0.25, 0.3) is 0 Å². The fourth-order valence-corrected chi connectivity index (χ4v) is 6.08. The van der Waals surface area contributed by atoms with E-state index in [4.69, 9.17) is 18.9 Å². The second kappa shape index (κ2) is 24.0. The van der Waals surface area contributed by atoms with Gasteiger partial charge in [0.2, 0.25) is 5.91 Å². The lowest BCUT2D eigenvalue weighted by Gasteiger charge is -2.32. The predicted molar refractivity (Wildman–Crippen MR) is 215 cm³/mol. The average Bonchev–Trinajstić information content (AvgIpc) is 3.15. The number of nitrogens with one attached hydrogen (secondary N) is 4. The summed E-state index contributed by atoms with van der Waals surface area (Å²) in [6.45, 7) is 25.3. The van der Waals surface area contributed by atoms with Gasteiger partial charge in [0.25, 0.3) is 17.7 Å². The van der Waals surface area contributed by atoms with E-state index in [9.17, 15) is 38.4 Å². The molecular formula is C42H72N4O12. The molecule has 4 amide bonds. The minimum Gasteiger partial charge on any atom is -0.450 e. The maximum Gasteiger partial charge on any atom is 0.329 e. The van der Waals surface area contributed by atoms with Gasteiger partial charge < -0.3 is 40.2 Å². The zero-order valence-corrected chi connectivity index (χ0v) is 37.4. The summed E-state index contributed by atoms with van der Waals surface area (Å²) in [4.78, 5) is 110. The zero-order chi connectivity index (χ0) is 44.8. The molecule has 1 fully saturated rings. The summed E-state index contributed by atoms with van der Waals surface area (Å²) in [6, 6.07) is -3.80. The lowest BCUT2D eigenvalue weighted by molar-refractivity contribution is -0.171. The van der Waals surface area contributed by atoms with Gasteiger partial charge >= 0.3 is 23.9 Å². The number of ether oxygens (including phenoxy) is 4. The highest BCUT2D eigenvalue weighted by molar-refractivity contribution is 6.00. The molecule has 0 spiro atoms. The van der Waals surface area contributed by atoms with E-state index in [-0.39, 0.29) is 6.42 Å². The van der Waals surface area contributed by atoms with Crippen LogP contribution in [-0.2, 0) is 57.3 Å². The Labute approximate surface area is 345 Å². The third-order valence-corrected chi connectivity index (χ3v) is 10.8. The first kappa shape index (κ1) is 51.8. The number of carbonyl (C=O) groups excluding carboxylic acids is 8. The molecule has 1 saturated heterocycles. The molecule has 11 atom stereocenters. The quantitative estimate of drug-likeness (QED) is 0.132. The van der Waals surface area contributed by atoms with Crippen LogP contribution in [0, 0.1) is 47.3 Å². The van der Waals surface area contributed by atoms with E-state index >= 15 is 0 Å². The Morgan fingerprint density at radius 1 is 0.414 bits per heavy atom. The van der Waals surface area contributed by atoms with Gasteiger partial charge in [-0.05, 0) is 48.3 Å². The first-order chi connectivity index (χ1) is 27.0. The molecule has 332 valence electrons. The van der Waals surface area contributed by atoms with Crippen LogP contribution in [0.5, 0.6) is 0 Å². The van der Waals surface area contributed by atoms with Gasteiger partial charge in [-0.3, -0.25) is 24.0 Å². The van der Waals surface area contributed by atoms with E-state index in [0.717, 1.165) is 0 Å². The lowest BCUT2D eigenvalue weighted by atomic mass is 9.92. The van der Waals surface area contributed by atoms with Gasteiger partial charge in [0.05, 0.1) is 0 Å². The highest BCUT2D eigenvalue weighted by Crippen LogP contribution is 2.22. The Morgan fingerprint density at radius 2 is 0.776 bits per heavy atom. The van der Waals surface area contributed by atoms with Gasteiger partial charge in [-0.15, -0.1) is 0 Å². The van der Waals surface area contributed by atoms with Crippen molar-refractivity contribution in [1.82, 2.24) is 21.3 Å².